The zero-order chi connectivity index (χ0) is 16.3. The van der Waals surface area contributed by atoms with Gasteiger partial charge in [0, 0.05) is 13.0 Å². The first-order valence-electron chi connectivity index (χ1n) is 6.93. The highest BCUT2D eigenvalue weighted by molar-refractivity contribution is 8.26. The van der Waals surface area contributed by atoms with Gasteiger partial charge in [0.1, 0.15) is 4.32 Å². The number of carbonyl (C=O) groups excluding carboxylic acids is 1. The molecule has 116 valence electrons. The number of aryl methyl sites for hydroxylation is 1. The molecule has 1 aromatic carbocycles. The summed E-state index contributed by atoms with van der Waals surface area (Å²) in [7, 11) is 0. The minimum absolute atomic E-state index is 0.0348. The van der Waals surface area contributed by atoms with Gasteiger partial charge in [0.25, 0.3) is 5.91 Å². The maximum atomic E-state index is 12.4. The third-order valence-electron chi connectivity index (χ3n) is 3.58. The predicted octanol–water partition coefficient (Wildman–Crippen LogP) is 3.37. The number of hydrogen-bond donors (Lipinski definition) is 1. The number of thiocarbonyl (C=S) groups is 1. The van der Waals surface area contributed by atoms with Gasteiger partial charge in [-0.25, -0.2) is 0 Å². The van der Waals surface area contributed by atoms with Crippen molar-refractivity contribution >= 4 is 46.3 Å². The first-order chi connectivity index (χ1) is 10.4. The number of aliphatic carboxylic acids is 1. The third-order valence-corrected chi connectivity index (χ3v) is 4.96. The summed E-state index contributed by atoms with van der Waals surface area (Å²) in [5.74, 6) is -1.00. The van der Waals surface area contributed by atoms with Crippen molar-refractivity contribution in [3.8, 4) is 0 Å². The number of benzene rings is 1. The Kier molecular flexibility index (Phi) is 5.37. The van der Waals surface area contributed by atoms with Gasteiger partial charge in [-0.2, -0.15) is 0 Å². The van der Waals surface area contributed by atoms with E-state index in [2.05, 4.69) is 0 Å². The lowest BCUT2D eigenvalue weighted by atomic mass is 10.0. The number of thioether (sulfide) groups is 1. The van der Waals surface area contributed by atoms with E-state index in [4.69, 9.17) is 17.3 Å². The van der Waals surface area contributed by atoms with E-state index in [0.29, 0.717) is 22.2 Å². The van der Waals surface area contributed by atoms with E-state index in [1.807, 2.05) is 38.1 Å². The second-order valence-corrected chi connectivity index (χ2v) is 6.80. The van der Waals surface area contributed by atoms with E-state index in [-0.39, 0.29) is 12.3 Å². The highest BCUT2D eigenvalue weighted by atomic mass is 32.2. The molecule has 0 spiro atoms. The molecule has 0 aliphatic carbocycles. The molecule has 0 unspecified atom stereocenters. The lowest BCUT2D eigenvalue weighted by Gasteiger charge is -2.13. The van der Waals surface area contributed by atoms with Gasteiger partial charge in [-0.15, -0.1) is 0 Å². The Balaban J connectivity index is 2.15. The molecule has 1 aromatic rings. The molecule has 1 saturated heterocycles. The summed E-state index contributed by atoms with van der Waals surface area (Å²) in [6.45, 7) is 4.40. The molecule has 1 fully saturated rings. The topological polar surface area (TPSA) is 57.6 Å². The van der Waals surface area contributed by atoms with Crippen LogP contribution in [0, 0.1) is 13.8 Å². The van der Waals surface area contributed by atoms with E-state index >= 15 is 0 Å². The number of amides is 1. The number of nitrogens with zero attached hydrogens (tertiary/aromatic N) is 1. The standard InChI is InChI=1S/C16H17NO3S2/c1-10-5-3-6-12(11(10)2)9-13-15(20)17(16(21)22-13)8-4-7-14(18)19/h3,5-6,9H,4,7-8H2,1-2H3,(H,18,19)/b13-9-. The third kappa shape index (κ3) is 3.75. The van der Waals surface area contributed by atoms with Crippen molar-refractivity contribution in [1.29, 1.82) is 0 Å². The van der Waals surface area contributed by atoms with Crippen LogP contribution >= 0.6 is 24.0 Å². The maximum absolute atomic E-state index is 12.4. The number of carboxylic acid groups (broad SMARTS) is 1. The highest BCUT2D eigenvalue weighted by Gasteiger charge is 2.31. The van der Waals surface area contributed by atoms with E-state index in [1.54, 1.807) is 0 Å². The minimum atomic E-state index is -0.864. The van der Waals surface area contributed by atoms with Crippen LogP contribution in [0.5, 0.6) is 0 Å². The number of hydrogen-bond acceptors (Lipinski definition) is 4. The molecule has 1 aliphatic rings. The molecule has 0 atom stereocenters. The Bertz CT molecular complexity index is 667. The van der Waals surface area contributed by atoms with Gasteiger partial charge in [-0.05, 0) is 43.0 Å². The summed E-state index contributed by atoms with van der Waals surface area (Å²) in [5.41, 5.74) is 3.32. The molecule has 0 aromatic heterocycles. The van der Waals surface area contributed by atoms with Crippen LogP contribution in [0.3, 0.4) is 0 Å². The van der Waals surface area contributed by atoms with Crippen molar-refractivity contribution in [2.45, 2.75) is 26.7 Å². The minimum Gasteiger partial charge on any atom is -0.481 e. The monoisotopic (exact) mass is 335 g/mol. The zero-order valence-electron chi connectivity index (χ0n) is 12.5. The molecule has 22 heavy (non-hydrogen) atoms. The van der Waals surface area contributed by atoms with Gasteiger partial charge < -0.3 is 5.11 Å². The van der Waals surface area contributed by atoms with E-state index in [9.17, 15) is 9.59 Å². The molecule has 1 aliphatic heterocycles. The summed E-state index contributed by atoms with van der Waals surface area (Å²) < 4.78 is 0.493. The Morgan fingerprint density at radius 1 is 1.41 bits per heavy atom. The highest BCUT2D eigenvalue weighted by Crippen LogP contribution is 2.33. The predicted molar refractivity (Wildman–Crippen MR) is 92.7 cm³/mol. The second-order valence-electron chi connectivity index (χ2n) is 5.12. The second kappa shape index (κ2) is 7.07. The summed E-state index contributed by atoms with van der Waals surface area (Å²) >= 11 is 6.50. The molecular formula is C16H17NO3S2. The number of rotatable bonds is 5. The van der Waals surface area contributed by atoms with Crippen molar-refractivity contribution in [3.63, 3.8) is 0 Å². The molecule has 0 saturated carbocycles. The van der Waals surface area contributed by atoms with Crippen LogP contribution in [0.4, 0.5) is 0 Å². The number of carbonyl (C=O) groups is 2. The number of carboxylic acids is 1. The molecular weight excluding hydrogens is 318 g/mol. The van der Waals surface area contributed by atoms with Crippen LogP contribution in [-0.2, 0) is 9.59 Å². The molecule has 1 N–H and O–H groups in total. The fraction of sp³-hybridized carbons (Fsp3) is 0.312. The Hall–Kier alpha value is -1.66. The molecule has 0 radical (unpaired) electrons. The lowest BCUT2D eigenvalue weighted by molar-refractivity contribution is -0.137. The average Bonchev–Trinajstić information content (AvgIpc) is 2.71. The average molecular weight is 335 g/mol. The fourth-order valence-corrected chi connectivity index (χ4v) is 3.45. The van der Waals surface area contributed by atoms with Gasteiger partial charge >= 0.3 is 5.97 Å². The molecule has 0 bridgehead atoms. The quantitative estimate of drug-likeness (QED) is 0.660. The lowest BCUT2D eigenvalue weighted by Crippen LogP contribution is -2.29. The van der Waals surface area contributed by atoms with Crippen molar-refractivity contribution in [2.75, 3.05) is 6.54 Å². The first-order valence-corrected chi connectivity index (χ1v) is 8.16. The summed E-state index contributed by atoms with van der Waals surface area (Å²) in [6.07, 6.45) is 2.30. The molecule has 4 nitrogen and oxygen atoms in total. The molecule has 2 rings (SSSR count). The normalized spacial score (nSPS) is 16.6. The van der Waals surface area contributed by atoms with Crippen LogP contribution in [0.2, 0.25) is 0 Å². The smallest absolute Gasteiger partial charge is 0.303 e. The van der Waals surface area contributed by atoms with Gasteiger partial charge in [-0.3, -0.25) is 14.5 Å². The van der Waals surface area contributed by atoms with Crippen LogP contribution in [0.15, 0.2) is 23.1 Å². The van der Waals surface area contributed by atoms with E-state index in [1.165, 1.54) is 22.2 Å². The summed E-state index contributed by atoms with van der Waals surface area (Å²) in [5, 5.41) is 8.67. The largest absolute Gasteiger partial charge is 0.481 e. The summed E-state index contributed by atoms with van der Waals surface area (Å²) in [6, 6.07) is 5.96. The Labute approximate surface area is 139 Å². The van der Waals surface area contributed by atoms with E-state index < -0.39 is 5.97 Å². The summed E-state index contributed by atoms with van der Waals surface area (Å²) in [4.78, 5) is 25.0. The fourth-order valence-electron chi connectivity index (χ4n) is 2.15. The zero-order valence-corrected chi connectivity index (χ0v) is 14.1. The van der Waals surface area contributed by atoms with Crippen LogP contribution in [0.25, 0.3) is 6.08 Å². The van der Waals surface area contributed by atoms with E-state index in [0.717, 1.165) is 11.1 Å². The van der Waals surface area contributed by atoms with Crippen LogP contribution in [-0.4, -0.2) is 32.7 Å². The maximum Gasteiger partial charge on any atom is 0.303 e. The Morgan fingerprint density at radius 2 is 2.14 bits per heavy atom. The molecule has 1 heterocycles. The van der Waals surface area contributed by atoms with Crippen molar-refractivity contribution in [3.05, 3.63) is 39.8 Å². The van der Waals surface area contributed by atoms with Crippen LogP contribution < -0.4 is 0 Å². The first kappa shape index (κ1) is 16.7. The van der Waals surface area contributed by atoms with Gasteiger partial charge in [-0.1, -0.05) is 42.2 Å². The SMILES string of the molecule is Cc1cccc(/C=C2\SC(=S)N(CCCC(=O)O)C2=O)c1C. The van der Waals surface area contributed by atoms with Gasteiger partial charge in [0.15, 0.2) is 0 Å². The molecule has 6 heteroatoms. The van der Waals surface area contributed by atoms with Crippen molar-refractivity contribution in [1.82, 2.24) is 4.90 Å². The van der Waals surface area contributed by atoms with Crippen molar-refractivity contribution in [2.24, 2.45) is 0 Å². The Morgan fingerprint density at radius 3 is 2.82 bits per heavy atom. The van der Waals surface area contributed by atoms with Crippen LogP contribution in [0.1, 0.15) is 29.5 Å². The van der Waals surface area contributed by atoms with Gasteiger partial charge in [0.2, 0.25) is 0 Å². The van der Waals surface area contributed by atoms with Crippen molar-refractivity contribution < 1.29 is 14.7 Å². The van der Waals surface area contributed by atoms with Gasteiger partial charge in [0.05, 0.1) is 4.91 Å². The molecule has 1 amide bonds.